The second-order valence-electron chi connectivity index (χ2n) is 33.3. The van der Waals surface area contributed by atoms with Crippen molar-refractivity contribution in [1.82, 2.24) is 9.97 Å². The molecule has 0 saturated heterocycles. The Balaban J connectivity index is 0.000000205. The van der Waals surface area contributed by atoms with E-state index in [1.807, 2.05) is 48.8 Å². The van der Waals surface area contributed by atoms with Crippen LogP contribution in [0.2, 0.25) is 0 Å². The largest absolute Gasteiger partial charge is 0.497 e. The van der Waals surface area contributed by atoms with Crippen LogP contribution in [0.25, 0.3) is 112 Å². The molecule has 3 aliphatic rings. The number of fused-ring (bicyclic) bond motifs is 2. The first-order chi connectivity index (χ1) is 56.5. The van der Waals surface area contributed by atoms with Crippen LogP contribution in [0.3, 0.4) is 0 Å². The van der Waals surface area contributed by atoms with Gasteiger partial charge in [-0.3, -0.25) is 0 Å². The molecule has 0 unspecified atom stereocenters. The molecule has 15 aromatic rings. The molecular formula is C111H98Ir4N6-6. The Labute approximate surface area is 771 Å². The van der Waals surface area contributed by atoms with E-state index in [0.717, 1.165) is 67.5 Å². The monoisotopic (exact) mass is 2290 g/mol. The van der Waals surface area contributed by atoms with Gasteiger partial charge in [-0.05, 0) is 246 Å². The molecule has 13 aromatic carbocycles. The molecule has 0 fully saturated rings. The molecule has 0 bridgehead atoms. The first kappa shape index (κ1) is 88.5. The number of hydrogen-bond donors (Lipinski definition) is 0. The van der Waals surface area contributed by atoms with E-state index in [1.54, 1.807) is 0 Å². The van der Waals surface area contributed by atoms with Crippen molar-refractivity contribution in [2.24, 2.45) is 5.41 Å². The van der Waals surface area contributed by atoms with Crippen molar-refractivity contribution in [3.8, 4) is 112 Å². The van der Waals surface area contributed by atoms with Crippen molar-refractivity contribution in [3.63, 3.8) is 0 Å². The van der Waals surface area contributed by atoms with E-state index in [4.69, 9.17) is 0 Å². The minimum atomic E-state index is -0.00945. The Kier molecular flexibility index (Phi) is 26.3. The average Bonchev–Trinajstić information content (AvgIpc) is 1.53. The molecule has 0 N–H and O–H groups in total. The van der Waals surface area contributed by atoms with E-state index in [9.17, 15) is 0 Å². The summed E-state index contributed by atoms with van der Waals surface area (Å²) < 4.78 is 0. The van der Waals surface area contributed by atoms with Crippen LogP contribution >= 0.6 is 0 Å². The first-order valence-corrected chi connectivity index (χ1v) is 40.9. The van der Waals surface area contributed by atoms with Crippen LogP contribution in [0.4, 0.5) is 34.1 Å². The maximum Gasteiger partial charge on any atom is 0.0347 e. The molecule has 10 heteroatoms. The van der Waals surface area contributed by atoms with Crippen LogP contribution in [0.15, 0.2) is 303 Å². The quantitative estimate of drug-likeness (QED) is 0.101. The predicted molar refractivity (Wildman–Crippen MR) is 491 cm³/mol. The summed E-state index contributed by atoms with van der Waals surface area (Å²) in [6, 6.07) is 114. The van der Waals surface area contributed by atoms with Crippen LogP contribution < -0.4 is 19.6 Å². The molecule has 614 valence electrons. The van der Waals surface area contributed by atoms with Gasteiger partial charge in [0.1, 0.15) is 0 Å². The van der Waals surface area contributed by atoms with Crippen LogP contribution in [-0.4, -0.2) is 9.97 Å². The molecule has 2 aliphatic heterocycles. The number of rotatable bonds is 14. The molecule has 121 heavy (non-hydrogen) atoms. The SMILES string of the molecule is CC1=C(C)N(c2ccccc2)[CH-]N1c1[c-]cc(-c2ccccc2-c2c(C)c(C)c(-c3ccccc3-c3c[c-]c(-c4ccccn4)cc3)c(C)c2C)cc1.Cc1c(C)c(-c2ccccc2-c2c[c-]c(N3[CH-]N(c4ccccc4)c4cc5c(cc43)C(C)(C)C(C)(C)C5(C)C)cc2)c(C)c(C)c1-c1ccccc1-c1c[c-]c(-c2ccccn2)cc1.[Ir].[Ir].[Ir].[Ir]. The van der Waals surface area contributed by atoms with Crippen molar-refractivity contribution in [3.05, 3.63) is 396 Å². The molecule has 6 nitrogen and oxygen atoms in total. The minimum absolute atomic E-state index is 0. The fourth-order valence-corrected chi connectivity index (χ4v) is 18.5. The fourth-order valence-electron chi connectivity index (χ4n) is 18.5. The van der Waals surface area contributed by atoms with Gasteiger partial charge in [0.2, 0.25) is 0 Å². The van der Waals surface area contributed by atoms with Crippen LogP contribution in [0.5, 0.6) is 0 Å². The normalized spacial score (nSPS) is 13.9. The molecule has 0 atom stereocenters. The Bertz CT molecular complexity index is 6260. The molecule has 4 heterocycles. The number of allylic oxidation sites excluding steroid dienone is 2. The zero-order valence-electron chi connectivity index (χ0n) is 71.4. The van der Waals surface area contributed by atoms with Crippen LogP contribution in [-0.2, 0) is 91.3 Å². The Morgan fingerprint density at radius 2 is 0.554 bits per heavy atom. The molecule has 4 radical (unpaired) electrons. The van der Waals surface area contributed by atoms with Gasteiger partial charge in [-0.25, -0.2) is 0 Å². The summed E-state index contributed by atoms with van der Waals surface area (Å²) >= 11 is 0. The Morgan fingerprint density at radius 3 is 0.868 bits per heavy atom. The minimum Gasteiger partial charge on any atom is -0.497 e. The summed E-state index contributed by atoms with van der Waals surface area (Å²) in [5, 5.41) is 0. The van der Waals surface area contributed by atoms with Gasteiger partial charge in [-0.1, -0.05) is 233 Å². The van der Waals surface area contributed by atoms with Gasteiger partial charge < -0.3 is 29.6 Å². The van der Waals surface area contributed by atoms with Gasteiger partial charge in [0.15, 0.2) is 0 Å². The first-order valence-electron chi connectivity index (χ1n) is 40.9. The van der Waals surface area contributed by atoms with Crippen LogP contribution in [0.1, 0.15) is 111 Å². The summed E-state index contributed by atoms with van der Waals surface area (Å²) in [5.41, 5.74) is 45.8. The predicted octanol–water partition coefficient (Wildman–Crippen LogP) is 29.2. The van der Waals surface area contributed by atoms with Crippen molar-refractivity contribution < 1.29 is 80.4 Å². The van der Waals surface area contributed by atoms with E-state index < -0.39 is 0 Å². The Hall–Kier alpha value is -10.3. The maximum absolute atomic E-state index is 4.54. The average molecular weight is 2280 g/mol. The fraction of sp³-hybridized carbons (Fsp3) is 0.171. The molecule has 0 spiro atoms. The summed E-state index contributed by atoms with van der Waals surface area (Å²) in [4.78, 5) is 18.2. The molecule has 0 saturated carbocycles. The zero-order valence-corrected chi connectivity index (χ0v) is 81.0. The molecular weight excluding hydrogens is 2190 g/mol. The second-order valence-corrected chi connectivity index (χ2v) is 33.3. The summed E-state index contributed by atoms with van der Waals surface area (Å²) in [6.07, 6.45) is 3.66. The van der Waals surface area contributed by atoms with Gasteiger partial charge in [0, 0.05) is 127 Å². The number of hydrogen-bond acceptors (Lipinski definition) is 6. The van der Waals surface area contributed by atoms with E-state index >= 15 is 0 Å². The summed E-state index contributed by atoms with van der Waals surface area (Å²) in [5.74, 6) is 0. The van der Waals surface area contributed by atoms with Gasteiger partial charge in [0.25, 0.3) is 0 Å². The van der Waals surface area contributed by atoms with E-state index in [1.165, 1.54) is 145 Å². The third kappa shape index (κ3) is 15.8. The summed E-state index contributed by atoms with van der Waals surface area (Å²) in [6.45, 7) is 41.6. The van der Waals surface area contributed by atoms with Crippen molar-refractivity contribution >= 4 is 34.1 Å². The number of nitrogens with zero attached hydrogens (tertiary/aromatic N) is 6. The number of anilines is 6. The van der Waals surface area contributed by atoms with E-state index in [0.29, 0.717) is 0 Å². The number of pyridine rings is 2. The third-order valence-corrected chi connectivity index (χ3v) is 26.8. The second kappa shape index (κ2) is 36.0. The third-order valence-electron chi connectivity index (χ3n) is 26.8. The van der Waals surface area contributed by atoms with Crippen molar-refractivity contribution in [2.45, 2.75) is 122 Å². The Morgan fingerprint density at radius 1 is 0.273 bits per heavy atom. The topological polar surface area (TPSA) is 38.7 Å². The van der Waals surface area contributed by atoms with Crippen molar-refractivity contribution in [1.29, 1.82) is 0 Å². The number of para-hydroxylation sites is 2. The molecule has 18 rings (SSSR count). The van der Waals surface area contributed by atoms with Gasteiger partial charge in [-0.15, -0.1) is 108 Å². The summed E-state index contributed by atoms with van der Waals surface area (Å²) in [7, 11) is 0. The molecule has 2 aromatic heterocycles. The zero-order chi connectivity index (χ0) is 81.3. The van der Waals surface area contributed by atoms with Crippen molar-refractivity contribution in [2.75, 3.05) is 19.6 Å². The molecule has 0 amide bonds. The van der Waals surface area contributed by atoms with Gasteiger partial charge >= 0.3 is 0 Å². The van der Waals surface area contributed by atoms with E-state index in [2.05, 4.69) is 421 Å². The maximum atomic E-state index is 4.54. The standard InChI is InChI=1S/C61H56N3.C50H42N3.4Ir/c1-39-41(3)58(42(4)40(2)57(39)50-24-16-14-22-48(50)43-27-29-45(30-28-43)54-26-18-19-35-62-54)51-25-17-15-23-49(51)44-31-33-47(34-32-44)64-38-63(46-20-12-11-13-21-46)55-36-52-53(37-56(55)64)60(7,8)61(9,10)59(52,5)6;1-33-35(3)50(36(4)34(2)49(33)46-20-12-10-18-44(46)39-23-25-41(26-24-39)48-22-14-15-31-51-48)47-21-13-11-19-45(47)40-27-29-43(30-28-40)53-32-52(37(5)38(53)6)42-16-8-7-9-17-42;;;;/h11-29,31-33,35-38H,1-10H3;7-25,27-29,31-32H,1-6H3;;;;/q2*-3;;;;. The number of benzene rings is 13. The number of aromatic nitrogens is 2. The van der Waals surface area contributed by atoms with E-state index in [-0.39, 0.29) is 96.7 Å². The smallest absolute Gasteiger partial charge is 0.0347 e. The van der Waals surface area contributed by atoms with Gasteiger partial charge in [-0.2, -0.15) is 36.4 Å². The van der Waals surface area contributed by atoms with Crippen LogP contribution in [0, 0.1) is 98.4 Å². The van der Waals surface area contributed by atoms with Gasteiger partial charge in [0.05, 0.1) is 0 Å². The molecule has 1 aliphatic carbocycles.